The number of hydrogen-bond acceptors (Lipinski definition) is 0. The SMILES string of the molecule is F[Si](F)(F)C([Si](F)(F)F)([Si](F)(F)F)[Si](F)(F)F. The third-order valence-corrected chi connectivity index (χ3v) is 15.3. The molecule has 0 radical (unpaired) electrons. The second-order valence-electron chi connectivity index (χ2n) is 2.74. The highest BCUT2D eigenvalue weighted by atomic mass is 28.6. The Balaban J connectivity index is 6.37. The van der Waals surface area contributed by atoms with Crippen LogP contribution >= 0.6 is 0 Å². The van der Waals surface area contributed by atoms with Crippen molar-refractivity contribution in [2.45, 2.75) is 3.91 Å². The lowest BCUT2D eigenvalue weighted by atomic mass is 11.8. The molecule has 17 heavy (non-hydrogen) atoms. The minimum Gasteiger partial charge on any atom is -0.237 e. The highest BCUT2D eigenvalue weighted by Crippen LogP contribution is 2.64. The number of hydrogen-bond donors (Lipinski definition) is 0. The van der Waals surface area contributed by atoms with Gasteiger partial charge < -0.3 is 0 Å². The van der Waals surface area contributed by atoms with Gasteiger partial charge in [-0.1, -0.05) is 0 Å². The van der Waals surface area contributed by atoms with Crippen molar-refractivity contribution in [2.24, 2.45) is 0 Å². The summed E-state index contributed by atoms with van der Waals surface area (Å²) in [4.78, 5) is 0. The van der Waals surface area contributed by atoms with Gasteiger partial charge in [0.05, 0.1) is 0 Å². The molecule has 0 fully saturated rings. The van der Waals surface area contributed by atoms with Gasteiger partial charge in [0.25, 0.3) is 3.91 Å². The number of halogens is 12. The average molecular weight is 352 g/mol. The Morgan fingerprint density at radius 2 is 0.471 bits per heavy atom. The molecular weight excluding hydrogens is 352 g/mol. The molecule has 0 nitrogen and oxygen atoms in total. The van der Waals surface area contributed by atoms with E-state index in [1.807, 2.05) is 0 Å². The quantitative estimate of drug-likeness (QED) is 0.411. The van der Waals surface area contributed by atoms with Crippen molar-refractivity contribution in [1.29, 1.82) is 0 Å². The number of rotatable bonds is 4. The van der Waals surface area contributed by atoms with Crippen LogP contribution in [0.3, 0.4) is 0 Å². The van der Waals surface area contributed by atoms with E-state index in [1.54, 1.807) is 0 Å². The summed E-state index contributed by atoms with van der Waals surface area (Å²) in [5, 5.41) is 0. The van der Waals surface area contributed by atoms with E-state index < -0.39 is 40.2 Å². The minimum atomic E-state index is -9.03. The Hall–Kier alpha value is 0.0275. The molecule has 0 amide bonds. The molecule has 0 bridgehead atoms. The standard InChI is InChI=1S/CF12Si4/c2-14(3,4)1(15(5,6)7,16(8,9)10)17(11,12)13. The summed E-state index contributed by atoms with van der Waals surface area (Å²) in [6.45, 7) is 0. The van der Waals surface area contributed by atoms with Gasteiger partial charge in [-0.25, -0.2) is 49.3 Å². The Bertz CT molecular complexity index is 211. The first kappa shape index (κ1) is 17.0. The average Bonchev–Trinajstić information content (AvgIpc) is 1.67. The first-order valence-corrected chi connectivity index (χ1v) is 9.80. The fourth-order valence-electron chi connectivity index (χ4n) is 0.964. The van der Waals surface area contributed by atoms with Crippen LogP contribution in [-0.4, -0.2) is 36.3 Å². The first-order valence-electron chi connectivity index (χ1n) is 3.27. The van der Waals surface area contributed by atoms with E-state index >= 15 is 0 Å². The summed E-state index contributed by atoms with van der Waals surface area (Å²) in [6, 6.07) is 0. The molecule has 0 aromatic heterocycles. The fraction of sp³-hybridized carbons (Fsp3) is 1.00. The maximum Gasteiger partial charge on any atom is 0.639 e. The molecule has 16 heteroatoms. The van der Waals surface area contributed by atoms with Gasteiger partial charge in [0.1, 0.15) is 0 Å². The van der Waals surface area contributed by atoms with Crippen molar-refractivity contribution in [3.8, 4) is 0 Å². The van der Waals surface area contributed by atoms with Gasteiger partial charge in [-0.15, -0.1) is 0 Å². The fourth-order valence-corrected chi connectivity index (χ4v) is 8.68. The highest BCUT2D eigenvalue weighted by Gasteiger charge is 3.03. The molecule has 0 aliphatic heterocycles. The van der Waals surface area contributed by atoms with Crippen molar-refractivity contribution in [1.82, 2.24) is 0 Å². The summed E-state index contributed by atoms with van der Waals surface area (Å²) in [5.74, 6) is 0. The van der Waals surface area contributed by atoms with Gasteiger partial charge in [0, 0.05) is 0 Å². The monoisotopic (exact) mass is 352 g/mol. The maximum absolute atomic E-state index is 11.9. The van der Waals surface area contributed by atoms with Crippen LogP contribution in [0.25, 0.3) is 0 Å². The van der Waals surface area contributed by atoms with Gasteiger partial charge in [-0.2, -0.15) is 0 Å². The van der Waals surface area contributed by atoms with E-state index in [9.17, 15) is 49.3 Å². The maximum atomic E-state index is 11.9. The molecule has 0 aromatic rings. The molecule has 0 saturated carbocycles. The van der Waals surface area contributed by atoms with E-state index in [0.29, 0.717) is 0 Å². The summed E-state index contributed by atoms with van der Waals surface area (Å²) in [5.41, 5.74) is 0. The summed E-state index contributed by atoms with van der Waals surface area (Å²) < 4.78 is 136. The zero-order chi connectivity index (χ0) is 14.5. The van der Waals surface area contributed by atoms with Crippen molar-refractivity contribution >= 4 is 36.3 Å². The van der Waals surface area contributed by atoms with Crippen LogP contribution in [-0.2, 0) is 0 Å². The van der Waals surface area contributed by atoms with Gasteiger partial charge >= 0.3 is 36.3 Å². The molecule has 104 valence electrons. The lowest BCUT2D eigenvalue weighted by molar-refractivity contribution is 0.318. The highest BCUT2D eigenvalue weighted by molar-refractivity contribution is 7.15. The van der Waals surface area contributed by atoms with Crippen LogP contribution in [0.5, 0.6) is 0 Å². The van der Waals surface area contributed by atoms with E-state index in [2.05, 4.69) is 0 Å². The third kappa shape index (κ3) is 2.43. The lowest BCUT2D eigenvalue weighted by Gasteiger charge is -2.32. The predicted octanol–water partition coefficient (Wildman–Crippen LogP) is 3.73. The Morgan fingerprint density at radius 1 is 0.353 bits per heavy atom. The second-order valence-corrected chi connectivity index (χ2v) is 12.7. The van der Waals surface area contributed by atoms with E-state index in [-0.39, 0.29) is 0 Å². The van der Waals surface area contributed by atoms with Gasteiger partial charge in [-0.3, -0.25) is 0 Å². The van der Waals surface area contributed by atoms with Crippen LogP contribution in [0.1, 0.15) is 0 Å². The second kappa shape index (κ2) is 4.01. The normalized spacial score (nSPS) is 16.2. The molecule has 0 atom stereocenters. The zero-order valence-electron chi connectivity index (χ0n) is 7.04. The van der Waals surface area contributed by atoms with E-state index in [1.165, 1.54) is 0 Å². The molecule has 0 aliphatic rings. The Morgan fingerprint density at radius 3 is 0.471 bits per heavy atom. The molecular formula is CF12Si4. The predicted molar refractivity (Wildman–Crippen MR) is 39.0 cm³/mol. The Kier molecular flexibility index (Phi) is 4.02. The smallest absolute Gasteiger partial charge is 0.237 e. The third-order valence-electron chi connectivity index (χ3n) is 1.70. The van der Waals surface area contributed by atoms with Crippen LogP contribution in [0.4, 0.5) is 49.3 Å². The largest absolute Gasteiger partial charge is 0.639 e. The Labute approximate surface area is 90.3 Å². The minimum absolute atomic E-state index is 7.19. The summed E-state index contributed by atoms with van der Waals surface area (Å²) in [7, 11) is -36.1. The van der Waals surface area contributed by atoms with Crippen LogP contribution < -0.4 is 0 Å². The van der Waals surface area contributed by atoms with Crippen LogP contribution in [0, 0.1) is 0 Å². The molecule has 0 spiro atoms. The van der Waals surface area contributed by atoms with Crippen LogP contribution in [0.2, 0.25) is 3.91 Å². The van der Waals surface area contributed by atoms with Crippen molar-refractivity contribution in [2.75, 3.05) is 0 Å². The summed E-state index contributed by atoms with van der Waals surface area (Å²) >= 11 is 0. The van der Waals surface area contributed by atoms with Crippen molar-refractivity contribution in [3.05, 3.63) is 0 Å². The zero-order valence-corrected chi connectivity index (χ0v) is 11.0. The first-order chi connectivity index (χ1) is 7.00. The van der Waals surface area contributed by atoms with Crippen molar-refractivity contribution in [3.63, 3.8) is 0 Å². The van der Waals surface area contributed by atoms with E-state index in [0.717, 1.165) is 0 Å². The molecule has 0 unspecified atom stereocenters. The molecule has 0 heterocycles. The molecule has 0 saturated heterocycles. The van der Waals surface area contributed by atoms with Gasteiger partial charge in [0.2, 0.25) is 0 Å². The lowest BCUT2D eigenvalue weighted by Crippen LogP contribution is -2.71. The van der Waals surface area contributed by atoms with E-state index in [4.69, 9.17) is 0 Å². The van der Waals surface area contributed by atoms with Gasteiger partial charge in [0.15, 0.2) is 0 Å². The molecule has 0 N–H and O–H groups in total. The van der Waals surface area contributed by atoms with Gasteiger partial charge in [-0.05, 0) is 0 Å². The summed E-state index contributed by atoms with van der Waals surface area (Å²) in [6.07, 6.45) is 0. The topological polar surface area (TPSA) is 0 Å². The van der Waals surface area contributed by atoms with Crippen LogP contribution in [0.15, 0.2) is 0 Å². The molecule has 0 aliphatic carbocycles. The molecule has 0 rings (SSSR count). The van der Waals surface area contributed by atoms with Crippen molar-refractivity contribution < 1.29 is 49.3 Å². The molecule has 0 aromatic carbocycles.